The number of methoxy groups -OCH3 is 1. The molecule has 1 atom stereocenters. The van der Waals surface area contributed by atoms with E-state index in [0.29, 0.717) is 6.42 Å². The third-order valence-electron chi connectivity index (χ3n) is 2.42. The van der Waals surface area contributed by atoms with Crippen molar-refractivity contribution in [3.05, 3.63) is 23.5 Å². The number of nitrogens with one attached hydrogen (secondary N) is 1. The van der Waals surface area contributed by atoms with Gasteiger partial charge in [-0.3, -0.25) is 4.79 Å². The summed E-state index contributed by atoms with van der Waals surface area (Å²) in [4.78, 5) is 24.7. The number of carbonyl (C=O) groups excluding carboxylic acids is 2. The van der Waals surface area contributed by atoms with Crippen molar-refractivity contribution >= 4 is 11.9 Å². The number of rotatable bonds is 4. The summed E-state index contributed by atoms with van der Waals surface area (Å²) in [7, 11) is 4.83. The molecule has 6 nitrogen and oxygen atoms in total. The highest BCUT2D eigenvalue weighted by molar-refractivity contribution is 5.93. The fourth-order valence-corrected chi connectivity index (χ4v) is 1.63. The minimum absolute atomic E-state index is 0.0823. The predicted molar refractivity (Wildman–Crippen MR) is 65.9 cm³/mol. The molecule has 0 aromatic heterocycles. The summed E-state index contributed by atoms with van der Waals surface area (Å²) in [5.74, 6) is -0.865. The molecule has 1 unspecified atom stereocenters. The summed E-state index contributed by atoms with van der Waals surface area (Å²) in [6, 6.07) is -0.303. The number of aliphatic hydroxyl groups excluding tert-OH is 1. The normalized spacial score (nSPS) is 19.0. The molecule has 1 aliphatic carbocycles. The average Bonchev–Trinajstić information content (AvgIpc) is 2.29. The predicted octanol–water partition coefficient (Wildman–Crippen LogP) is -0.0222. The van der Waals surface area contributed by atoms with Crippen LogP contribution in [0.15, 0.2) is 23.5 Å². The fourth-order valence-electron chi connectivity index (χ4n) is 1.63. The molecule has 100 valence electrons. The largest absolute Gasteiger partial charge is 0.507 e. The van der Waals surface area contributed by atoms with Gasteiger partial charge in [-0.2, -0.15) is 0 Å². The summed E-state index contributed by atoms with van der Waals surface area (Å²) in [6.45, 7) is 0.271. The maximum atomic E-state index is 11.6. The topological polar surface area (TPSA) is 78.9 Å². The Morgan fingerprint density at radius 2 is 2.22 bits per heavy atom. The SMILES string of the molecule is COC(=O)C1=CC(NC(=O)CN(C)C)CC=C1O. The van der Waals surface area contributed by atoms with Gasteiger partial charge in [0.25, 0.3) is 0 Å². The first-order valence-corrected chi connectivity index (χ1v) is 5.57. The van der Waals surface area contributed by atoms with Crippen molar-refractivity contribution in [3.8, 4) is 0 Å². The quantitative estimate of drug-likeness (QED) is 0.689. The average molecular weight is 254 g/mol. The third-order valence-corrected chi connectivity index (χ3v) is 2.42. The fraction of sp³-hybridized carbons (Fsp3) is 0.500. The number of hydrogen-bond donors (Lipinski definition) is 2. The zero-order valence-electron chi connectivity index (χ0n) is 10.8. The van der Waals surface area contributed by atoms with Crippen molar-refractivity contribution in [2.45, 2.75) is 12.5 Å². The Balaban J connectivity index is 2.67. The van der Waals surface area contributed by atoms with Gasteiger partial charge in [-0.15, -0.1) is 0 Å². The van der Waals surface area contributed by atoms with Crippen molar-refractivity contribution < 1.29 is 19.4 Å². The van der Waals surface area contributed by atoms with Crippen LogP contribution in [0.2, 0.25) is 0 Å². The van der Waals surface area contributed by atoms with E-state index < -0.39 is 5.97 Å². The molecule has 0 saturated carbocycles. The highest BCUT2D eigenvalue weighted by Gasteiger charge is 2.22. The van der Waals surface area contributed by atoms with Gasteiger partial charge in [0.15, 0.2) is 0 Å². The number of carbonyl (C=O) groups is 2. The first kappa shape index (κ1) is 14.2. The van der Waals surface area contributed by atoms with E-state index in [1.807, 2.05) is 0 Å². The van der Waals surface area contributed by atoms with E-state index in [9.17, 15) is 14.7 Å². The Bertz CT molecular complexity index is 399. The Hall–Kier alpha value is -1.82. The van der Waals surface area contributed by atoms with Gasteiger partial charge in [0.2, 0.25) is 5.91 Å². The van der Waals surface area contributed by atoms with E-state index in [1.54, 1.807) is 19.0 Å². The Morgan fingerprint density at radius 1 is 1.56 bits per heavy atom. The number of likely N-dealkylation sites (N-methyl/N-ethyl adjacent to an activating group) is 1. The third kappa shape index (κ3) is 3.89. The van der Waals surface area contributed by atoms with Crippen LogP contribution in [-0.2, 0) is 14.3 Å². The van der Waals surface area contributed by atoms with E-state index >= 15 is 0 Å². The lowest BCUT2D eigenvalue weighted by atomic mass is 10.0. The zero-order valence-corrected chi connectivity index (χ0v) is 10.8. The molecule has 1 aliphatic rings. The van der Waals surface area contributed by atoms with Crippen LogP contribution in [0.25, 0.3) is 0 Å². The summed E-state index contributed by atoms with van der Waals surface area (Å²) in [5, 5.41) is 12.3. The van der Waals surface area contributed by atoms with Crippen molar-refractivity contribution in [1.82, 2.24) is 10.2 Å². The van der Waals surface area contributed by atoms with Crippen LogP contribution in [0.1, 0.15) is 6.42 Å². The molecule has 2 N–H and O–H groups in total. The zero-order chi connectivity index (χ0) is 13.7. The van der Waals surface area contributed by atoms with Gasteiger partial charge < -0.3 is 20.1 Å². The van der Waals surface area contributed by atoms with E-state index in [2.05, 4.69) is 10.1 Å². The van der Waals surface area contributed by atoms with Gasteiger partial charge in [-0.05, 0) is 32.7 Å². The summed E-state index contributed by atoms with van der Waals surface area (Å²) in [6.07, 6.45) is 3.45. The lowest BCUT2D eigenvalue weighted by molar-refractivity contribution is -0.136. The molecule has 0 aromatic rings. The van der Waals surface area contributed by atoms with E-state index in [4.69, 9.17) is 0 Å². The van der Waals surface area contributed by atoms with Gasteiger partial charge in [0.1, 0.15) is 5.76 Å². The molecule has 1 rings (SSSR count). The number of nitrogens with zero attached hydrogens (tertiary/aromatic N) is 1. The van der Waals surface area contributed by atoms with E-state index in [-0.39, 0.29) is 29.8 Å². The summed E-state index contributed by atoms with van der Waals surface area (Å²) >= 11 is 0. The molecule has 6 heteroatoms. The lowest BCUT2D eigenvalue weighted by Crippen LogP contribution is -2.40. The van der Waals surface area contributed by atoms with Gasteiger partial charge in [0.05, 0.1) is 25.3 Å². The maximum Gasteiger partial charge on any atom is 0.341 e. The molecule has 0 fully saturated rings. The van der Waals surface area contributed by atoms with Crippen LogP contribution >= 0.6 is 0 Å². The molecular formula is C12H18N2O4. The monoisotopic (exact) mass is 254 g/mol. The molecule has 0 bridgehead atoms. The number of hydrogen-bond acceptors (Lipinski definition) is 5. The molecule has 1 amide bonds. The Kier molecular flexibility index (Phi) is 4.91. The molecule has 0 radical (unpaired) electrons. The molecule has 0 spiro atoms. The molecule has 0 saturated heterocycles. The van der Waals surface area contributed by atoms with Gasteiger partial charge in [0, 0.05) is 0 Å². The van der Waals surface area contributed by atoms with E-state index in [1.165, 1.54) is 19.3 Å². The Labute approximate surface area is 106 Å². The van der Waals surface area contributed by atoms with Crippen LogP contribution in [0.3, 0.4) is 0 Å². The maximum absolute atomic E-state index is 11.6. The van der Waals surface area contributed by atoms with Crippen LogP contribution in [-0.4, -0.2) is 55.7 Å². The minimum Gasteiger partial charge on any atom is -0.507 e. The summed E-state index contributed by atoms with van der Waals surface area (Å²) < 4.78 is 4.55. The molecular weight excluding hydrogens is 236 g/mol. The highest BCUT2D eigenvalue weighted by Crippen LogP contribution is 2.17. The van der Waals surface area contributed by atoms with Crippen LogP contribution < -0.4 is 5.32 Å². The van der Waals surface area contributed by atoms with Gasteiger partial charge >= 0.3 is 5.97 Å². The van der Waals surface area contributed by atoms with Crippen molar-refractivity contribution in [2.24, 2.45) is 0 Å². The first-order valence-electron chi connectivity index (χ1n) is 5.57. The smallest absolute Gasteiger partial charge is 0.341 e. The van der Waals surface area contributed by atoms with E-state index in [0.717, 1.165) is 0 Å². The number of aliphatic hydroxyl groups is 1. The molecule has 0 aliphatic heterocycles. The highest BCUT2D eigenvalue weighted by atomic mass is 16.5. The van der Waals surface area contributed by atoms with Crippen molar-refractivity contribution in [1.29, 1.82) is 0 Å². The number of amides is 1. The van der Waals surface area contributed by atoms with Crippen molar-refractivity contribution in [2.75, 3.05) is 27.7 Å². The molecule has 0 heterocycles. The summed E-state index contributed by atoms with van der Waals surface area (Å²) in [5.41, 5.74) is 0.0823. The first-order chi connectivity index (χ1) is 8.43. The van der Waals surface area contributed by atoms with Gasteiger partial charge in [-0.25, -0.2) is 4.79 Å². The minimum atomic E-state index is -0.615. The van der Waals surface area contributed by atoms with Crippen molar-refractivity contribution in [3.63, 3.8) is 0 Å². The molecule has 0 aromatic carbocycles. The number of esters is 1. The van der Waals surface area contributed by atoms with Crippen LogP contribution in [0.4, 0.5) is 0 Å². The van der Waals surface area contributed by atoms with Crippen LogP contribution in [0, 0.1) is 0 Å². The number of ether oxygens (including phenoxy) is 1. The van der Waals surface area contributed by atoms with Crippen LogP contribution in [0.5, 0.6) is 0 Å². The second kappa shape index (κ2) is 6.20. The second-order valence-electron chi connectivity index (χ2n) is 4.31. The second-order valence-corrected chi connectivity index (χ2v) is 4.31. The molecule has 18 heavy (non-hydrogen) atoms. The Morgan fingerprint density at radius 3 is 2.78 bits per heavy atom. The standard InChI is InChI=1S/C12H18N2O4/c1-14(2)7-11(16)13-8-4-5-10(15)9(6-8)12(17)18-3/h5-6,8,15H,4,7H2,1-3H3,(H,13,16). The lowest BCUT2D eigenvalue weighted by Gasteiger charge is -2.20. The van der Waals surface area contributed by atoms with Gasteiger partial charge in [-0.1, -0.05) is 0 Å².